The number of aliphatic carboxylic acids is 1. The van der Waals surface area contributed by atoms with Gasteiger partial charge in [0.25, 0.3) is 0 Å². The molecule has 0 fully saturated rings. The highest BCUT2D eigenvalue weighted by molar-refractivity contribution is 5.87. The van der Waals surface area contributed by atoms with E-state index in [-0.39, 0.29) is 35.7 Å². The Labute approximate surface area is 97.4 Å². The van der Waals surface area contributed by atoms with Gasteiger partial charge in [-0.1, -0.05) is 12.7 Å². The van der Waals surface area contributed by atoms with Gasteiger partial charge < -0.3 is 16.6 Å². The number of hydrogen-bond acceptors (Lipinski definition) is 3. The van der Waals surface area contributed by atoms with Gasteiger partial charge in [-0.05, 0) is 20.8 Å². The molecule has 0 rings (SSSR count). The minimum absolute atomic E-state index is 0. The number of rotatable bonds is 5. The maximum atomic E-state index is 10.5. The Balaban J connectivity index is -0.000000720. The van der Waals surface area contributed by atoms with E-state index in [0.29, 0.717) is 0 Å². The fourth-order valence-corrected chi connectivity index (χ4v) is 0.889. The van der Waals surface area contributed by atoms with E-state index >= 15 is 0 Å². The molecule has 0 aliphatic carbocycles. The Morgan fingerprint density at radius 1 is 1.53 bits per heavy atom. The van der Waals surface area contributed by atoms with Gasteiger partial charge in [-0.25, -0.2) is 4.79 Å². The topological polar surface area (TPSA) is 84.3 Å². The monoisotopic (exact) mass is 236 g/mol. The van der Waals surface area contributed by atoms with Crippen molar-refractivity contribution < 1.29 is 9.90 Å². The molecule has 0 aromatic carbocycles. The van der Waals surface area contributed by atoms with Gasteiger partial charge in [0.05, 0.1) is 0 Å². The van der Waals surface area contributed by atoms with Crippen LogP contribution in [0.2, 0.25) is 0 Å². The molecule has 0 amide bonds. The predicted octanol–water partition coefficient (Wildman–Crippen LogP) is 2.15. The fraction of sp³-hybridized carbons (Fsp3) is 0.500. The molecule has 90 valence electrons. The highest BCUT2D eigenvalue weighted by Crippen LogP contribution is 2.08. The molecule has 5 N–H and O–H groups in total. The minimum Gasteiger partial charge on any atom is -0.478 e. The molecular weight excluding hydrogens is 216 g/mol. The summed E-state index contributed by atoms with van der Waals surface area (Å²) in [6, 6.07) is -0.259. The van der Waals surface area contributed by atoms with Gasteiger partial charge in [-0.15, -0.1) is 19.0 Å². The number of carboxylic acids is 1. The third-order valence-corrected chi connectivity index (χ3v) is 1.90. The molecule has 0 spiro atoms. The fourth-order valence-electron chi connectivity index (χ4n) is 0.889. The molecule has 0 aromatic heterocycles. The Hall–Kier alpha value is -0.840. The average molecular weight is 237 g/mol. The molecule has 0 saturated heterocycles. The first-order valence-corrected chi connectivity index (χ1v) is 4.13. The zero-order valence-corrected chi connectivity index (χ0v) is 10.4. The van der Waals surface area contributed by atoms with Gasteiger partial charge in [-0.2, -0.15) is 0 Å². The average Bonchev–Trinajstić information content (AvgIpc) is 2.02. The van der Waals surface area contributed by atoms with Gasteiger partial charge in [-0.3, -0.25) is 0 Å². The molecule has 1 unspecified atom stereocenters. The van der Waals surface area contributed by atoms with Crippen molar-refractivity contribution in [3.8, 4) is 0 Å². The maximum absolute atomic E-state index is 10.5. The highest BCUT2D eigenvalue weighted by Gasteiger charge is 2.20. The van der Waals surface area contributed by atoms with E-state index in [1.165, 1.54) is 0 Å². The van der Waals surface area contributed by atoms with E-state index in [9.17, 15) is 4.79 Å². The zero-order valence-electron chi connectivity index (χ0n) is 9.54. The zero-order chi connectivity index (χ0) is 10.6. The molecule has 0 aliphatic rings. The molecule has 0 heterocycles. The van der Waals surface area contributed by atoms with E-state index in [1.54, 1.807) is 13.0 Å². The van der Waals surface area contributed by atoms with Crippen LogP contribution in [0.5, 0.6) is 0 Å². The molecule has 0 saturated carbocycles. The Bertz CT molecular complexity index is 240. The van der Waals surface area contributed by atoms with Crippen LogP contribution in [-0.2, 0) is 4.79 Å². The van der Waals surface area contributed by atoms with E-state index in [4.69, 9.17) is 5.11 Å². The smallest absolute Gasteiger partial charge is 0.332 e. The lowest BCUT2D eigenvalue weighted by Gasteiger charge is -2.26. The largest absolute Gasteiger partial charge is 0.478 e. The van der Waals surface area contributed by atoms with Gasteiger partial charge in [0.1, 0.15) is 0 Å². The van der Waals surface area contributed by atoms with E-state index in [1.807, 2.05) is 13.8 Å². The summed E-state index contributed by atoms with van der Waals surface area (Å²) in [7, 11) is 0. The normalized spacial score (nSPS) is 11.7. The molecule has 0 bridgehead atoms. The quantitative estimate of drug-likeness (QED) is 0.505. The maximum Gasteiger partial charge on any atom is 0.332 e. The van der Waals surface area contributed by atoms with Crippen molar-refractivity contribution in [1.29, 1.82) is 0 Å². The van der Waals surface area contributed by atoms with Crippen LogP contribution in [0.15, 0.2) is 24.8 Å². The van der Waals surface area contributed by atoms with Gasteiger partial charge in [0, 0.05) is 17.2 Å². The molecule has 0 aliphatic heterocycles. The second-order valence-corrected chi connectivity index (χ2v) is 3.62. The van der Waals surface area contributed by atoms with Gasteiger partial charge >= 0.3 is 5.97 Å². The second-order valence-electron chi connectivity index (χ2n) is 3.62. The summed E-state index contributed by atoms with van der Waals surface area (Å²) < 4.78 is 0. The molecule has 0 aromatic rings. The predicted molar refractivity (Wildman–Crippen MR) is 65.9 cm³/mol. The summed E-state index contributed by atoms with van der Waals surface area (Å²) in [5.74, 6) is -0.972. The van der Waals surface area contributed by atoms with Crippen LogP contribution in [0.25, 0.3) is 0 Å². The molecule has 15 heavy (non-hydrogen) atoms. The summed E-state index contributed by atoms with van der Waals surface area (Å²) in [5, 5.41) is 11.7. The van der Waals surface area contributed by atoms with Crippen molar-refractivity contribution in [2.24, 2.45) is 0 Å². The van der Waals surface area contributed by atoms with Crippen LogP contribution in [0, 0.1) is 0 Å². The minimum atomic E-state index is -0.972. The second kappa shape index (κ2) is 7.45. The standard InChI is InChI=1S/C10H17NO2.ClH.H3N/c1-6-10(4,5)11-8(3)7(2)9(12)13;;/h6,8,11H,1-2H2,3-5H3,(H,12,13);1H;1H3. The molecule has 0 radical (unpaired) electrons. The lowest BCUT2D eigenvalue weighted by atomic mass is 10.0. The van der Waals surface area contributed by atoms with E-state index < -0.39 is 5.97 Å². The first kappa shape index (κ1) is 19.7. The summed E-state index contributed by atoms with van der Waals surface area (Å²) in [6.07, 6.45) is 1.73. The van der Waals surface area contributed by atoms with Crippen molar-refractivity contribution in [3.05, 3.63) is 24.8 Å². The number of halogens is 1. The van der Waals surface area contributed by atoms with Crippen molar-refractivity contribution in [3.63, 3.8) is 0 Å². The third-order valence-electron chi connectivity index (χ3n) is 1.90. The summed E-state index contributed by atoms with van der Waals surface area (Å²) in [4.78, 5) is 10.5. The summed E-state index contributed by atoms with van der Waals surface area (Å²) in [5.41, 5.74) is -0.118. The van der Waals surface area contributed by atoms with Crippen molar-refractivity contribution in [2.45, 2.75) is 32.4 Å². The van der Waals surface area contributed by atoms with Crippen LogP contribution >= 0.6 is 12.4 Å². The van der Waals surface area contributed by atoms with Crippen molar-refractivity contribution >= 4 is 18.4 Å². The number of nitrogens with one attached hydrogen (secondary N) is 1. The third kappa shape index (κ3) is 7.13. The molecule has 4 nitrogen and oxygen atoms in total. The van der Waals surface area contributed by atoms with E-state index in [2.05, 4.69) is 18.5 Å². The highest BCUT2D eigenvalue weighted by atomic mass is 35.5. The number of hydrogen-bond donors (Lipinski definition) is 3. The van der Waals surface area contributed by atoms with Crippen LogP contribution in [0.1, 0.15) is 20.8 Å². The first-order valence-electron chi connectivity index (χ1n) is 4.13. The lowest BCUT2D eigenvalue weighted by Crippen LogP contribution is -2.44. The molecule has 5 heteroatoms. The van der Waals surface area contributed by atoms with Crippen molar-refractivity contribution in [2.75, 3.05) is 0 Å². The Kier molecular flexibility index (Phi) is 9.78. The van der Waals surface area contributed by atoms with Crippen LogP contribution in [0.4, 0.5) is 0 Å². The first-order chi connectivity index (χ1) is 5.80. The Morgan fingerprint density at radius 2 is 1.93 bits per heavy atom. The SMILES string of the molecule is C=CC(C)(C)NC(C)C(=C)C(=O)O.Cl.N. The number of carbonyl (C=O) groups is 1. The summed E-state index contributed by atoms with van der Waals surface area (Å²) in [6.45, 7) is 12.7. The van der Waals surface area contributed by atoms with Gasteiger partial charge in [0.2, 0.25) is 0 Å². The van der Waals surface area contributed by atoms with Crippen LogP contribution < -0.4 is 11.5 Å². The summed E-state index contributed by atoms with van der Waals surface area (Å²) >= 11 is 0. The molecule has 1 atom stereocenters. The van der Waals surface area contributed by atoms with Crippen LogP contribution in [0.3, 0.4) is 0 Å². The molecular formula is C10H21ClN2O2. The van der Waals surface area contributed by atoms with Gasteiger partial charge in [0.15, 0.2) is 0 Å². The van der Waals surface area contributed by atoms with Crippen LogP contribution in [-0.4, -0.2) is 22.7 Å². The Morgan fingerprint density at radius 3 is 2.20 bits per heavy atom. The van der Waals surface area contributed by atoms with Crippen molar-refractivity contribution in [1.82, 2.24) is 11.5 Å². The number of carboxylic acid groups (broad SMARTS) is 1. The van der Waals surface area contributed by atoms with E-state index in [0.717, 1.165) is 0 Å². The lowest BCUT2D eigenvalue weighted by molar-refractivity contribution is -0.133.